The second-order valence-corrected chi connectivity index (χ2v) is 8.89. The van der Waals surface area contributed by atoms with E-state index in [1.807, 2.05) is 60.0 Å². The van der Waals surface area contributed by atoms with Gasteiger partial charge in [-0.1, -0.05) is 66.7 Å². The molecule has 1 N–H and O–H groups in total. The number of thiophene rings is 1. The largest absolute Gasteiger partial charge is 0.465 e. The number of nitrogens with one attached hydrogen (secondary N) is 1. The van der Waals surface area contributed by atoms with Crippen LogP contribution in [0.25, 0.3) is 32.5 Å². The van der Waals surface area contributed by atoms with Crippen LogP contribution < -0.4 is 10.9 Å². The van der Waals surface area contributed by atoms with E-state index >= 15 is 0 Å². The van der Waals surface area contributed by atoms with Crippen LogP contribution in [0.3, 0.4) is 0 Å². The Morgan fingerprint density at radius 1 is 0.917 bits per heavy atom. The Morgan fingerprint density at radius 2 is 1.58 bits per heavy atom. The Balaban J connectivity index is 1.42. The van der Waals surface area contributed by atoms with E-state index in [9.17, 15) is 14.4 Å². The van der Waals surface area contributed by atoms with E-state index in [0.717, 1.165) is 22.3 Å². The van der Waals surface area contributed by atoms with Crippen LogP contribution in [0.4, 0.5) is 5.69 Å². The number of carbonyl (C=O) groups excluding carboxylic acids is 2. The number of para-hydroxylation sites is 1. The van der Waals surface area contributed by atoms with Crippen molar-refractivity contribution in [2.75, 3.05) is 12.4 Å². The minimum absolute atomic E-state index is 0.230. The molecule has 5 rings (SSSR count). The smallest absolute Gasteiger partial charge is 0.339 e. The molecular formula is C28H21N3O4S. The summed E-state index contributed by atoms with van der Waals surface area (Å²) in [5, 5.41) is 5.07. The quantitative estimate of drug-likeness (QED) is 0.326. The van der Waals surface area contributed by atoms with Gasteiger partial charge in [0.2, 0.25) is 5.91 Å². The third-order valence-corrected chi connectivity index (χ3v) is 6.67. The third-order valence-electron chi connectivity index (χ3n) is 5.78. The highest BCUT2D eigenvalue weighted by Crippen LogP contribution is 2.32. The van der Waals surface area contributed by atoms with Gasteiger partial charge in [0.05, 0.1) is 30.1 Å². The van der Waals surface area contributed by atoms with Crippen LogP contribution in [0.1, 0.15) is 10.4 Å². The molecule has 0 unspecified atom stereocenters. The molecule has 0 fully saturated rings. The topological polar surface area (TPSA) is 90.3 Å². The lowest BCUT2D eigenvalue weighted by atomic mass is 10.0. The highest BCUT2D eigenvalue weighted by molar-refractivity contribution is 7.17. The van der Waals surface area contributed by atoms with Crippen molar-refractivity contribution in [1.82, 2.24) is 9.55 Å². The number of fused-ring (bicyclic) bond motifs is 1. The van der Waals surface area contributed by atoms with E-state index in [1.165, 1.54) is 29.3 Å². The number of ether oxygens (including phenoxy) is 1. The lowest BCUT2D eigenvalue weighted by Crippen LogP contribution is -2.28. The Morgan fingerprint density at radius 3 is 2.33 bits per heavy atom. The number of benzene rings is 3. The highest BCUT2D eigenvalue weighted by atomic mass is 32.1. The van der Waals surface area contributed by atoms with E-state index in [1.54, 1.807) is 24.3 Å². The van der Waals surface area contributed by atoms with Gasteiger partial charge in [0.25, 0.3) is 5.56 Å². The summed E-state index contributed by atoms with van der Waals surface area (Å²) in [6.45, 7) is -0.250. The molecule has 2 aromatic heterocycles. The van der Waals surface area contributed by atoms with Gasteiger partial charge < -0.3 is 10.1 Å². The van der Waals surface area contributed by atoms with Gasteiger partial charge in [-0.05, 0) is 28.8 Å². The Labute approximate surface area is 210 Å². The second kappa shape index (κ2) is 9.97. The molecule has 3 aromatic carbocycles. The van der Waals surface area contributed by atoms with Crippen LogP contribution >= 0.6 is 11.3 Å². The molecule has 0 atom stereocenters. The van der Waals surface area contributed by atoms with Crippen molar-refractivity contribution in [3.63, 3.8) is 0 Å². The molecule has 7 nitrogen and oxygen atoms in total. The first-order valence-corrected chi connectivity index (χ1v) is 12.0. The molecule has 0 aliphatic carbocycles. The Bertz CT molecular complexity index is 1620. The monoisotopic (exact) mass is 495 g/mol. The van der Waals surface area contributed by atoms with Crippen molar-refractivity contribution in [3.8, 4) is 22.3 Å². The molecule has 178 valence electrons. The molecule has 2 heterocycles. The lowest BCUT2D eigenvalue weighted by molar-refractivity contribution is -0.116. The summed E-state index contributed by atoms with van der Waals surface area (Å²) in [6.07, 6.45) is 1.37. The first kappa shape index (κ1) is 23.2. The van der Waals surface area contributed by atoms with Crippen molar-refractivity contribution in [1.29, 1.82) is 0 Å². The van der Waals surface area contributed by atoms with Crippen molar-refractivity contribution in [3.05, 3.63) is 106 Å². The standard InChI is InChI=1S/C28H21N3O4S/c1-35-28(34)21-9-5-6-10-23(21)30-24(32)15-31-17-29-26-25(27(31)33)22(16-36-26)20-13-11-19(12-14-20)18-7-3-2-4-8-18/h2-14,16-17H,15H2,1H3,(H,30,32). The maximum atomic E-state index is 13.4. The number of amides is 1. The molecule has 0 radical (unpaired) electrons. The van der Waals surface area contributed by atoms with Gasteiger partial charge in [0, 0.05) is 10.9 Å². The fraction of sp³-hybridized carbons (Fsp3) is 0.0714. The molecule has 1 amide bonds. The van der Waals surface area contributed by atoms with E-state index in [-0.39, 0.29) is 17.7 Å². The van der Waals surface area contributed by atoms with Gasteiger partial charge in [-0.3, -0.25) is 14.2 Å². The minimum Gasteiger partial charge on any atom is -0.465 e. The van der Waals surface area contributed by atoms with E-state index in [4.69, 9.17) is 4.74 Å². The summed E-state index contributed by atoms with van der Waals surface area (Å²) in [7, 11) is 1.27. The van der Waals surface area contributed by atoms with Gasteiger partial charge in [0.15, 0.2) is 0 Å². The van der Waals surface area contributed by atoms with Gasteiger partial charge >= 0.3 is 5.97 Å². The fourth-order valence-electron chi connectivity index (χ4n) is 3.99. The predicted octanol–water partition coefficient (Wildman–Crippen LogP) is 5.22. The lowest BCUT2D eigenvalue weighted by Gasteiger charge is -2.11. The molecular weight excluding hydrogens is 474 g/mol. The Hall–Kier alpha value is -4.56. The number of carbonyl (C=O) groups is 2. The van der Waals surface area contributed by atoms with Crippen LogP contribution in [0, 0.1) is 0 Å². The summed E-state index contributed by atoms with van der Waals surface area (Å²) in [5.74, 6) is -1.02. The maximum absolute atomic E-state index is 13.4. The highest BCUT2D eigenvalue weighted by Gasteiger charge is 2.17. The molecule has 0 aliphatic rings. The van der Waals surface area contributed by atoms with Gasteiger partial charge in [-0.2, -0.15) is 0 Å². The molecule has 0 bridgehead atoms. The number of hydrogen-bond acceptors (Lipinski definition) is 6. The number of hydrogen-bond donors (Lipinski definition) is 1. The zero-order chi connectivity index (χ0) is 25.1. The summed E-state index contributed by atoms with van der Waals surface area (Å²) < 4.78 is 6.04. The summed E-state index contributed by atoms with van der Waals surface area (Å²) in [4.78, 5) is 43.1. The number of esters is 1. The van der Waals surface area contributed by atoms with Crippen LogP contribution in [0.15, 0.2) is 95.4 Å². The first-order valence-electron chi connectivity index (χ1n) is 11.1. The van der Waals surface area contributed by atoms with Gasteiger partial charge in [-0.25, -0.2) is 9.78 Å². The molecule has 8 heteroatoms. The molecule has 0 spiro atoms. The second-order valence-electron chi connectivity index (χ2n) is 8.04. The predicted molar refractivity (Wildman–Crippen MR) is 141 cm³/mol. The van der Waals surface area contributed by atoms with E-state index in [0.29, 0.717) is 15.9 Å². The summed E-state index contributed by atoms with van der Waals surface area (Å²) in [5.41, 5.74) is 4.10. The van der Waals surface area contributed by atoms with Crippen LogP contribution in [0.5, 0.6) is 0 Å². The van der Waals surface area contributed by atoms with E-state index < -0.39 is 11.9 Å². The van der Waals surface area contributed by atoms with Gasteiger partial charge in [-0.15, -0.1) is 11.3 Å². The maximum Gasteiger partial charge on any atom is 0.339 e. The molecule has 0 saturated heterocycles. The number of nitrogens with zero attached hydrogens (tertiary/aromatic N) is 2. The number of anilines is 1. The van der Waals surface area contributed by atoms with Crippen LogP contribution in [0.2, 0.25) is 0 Å². The fourth-order valence-corrected chi connectivity index (χ4v) is 4.90. The number of aromatic nitrogens is 2. The van der Waals surface area contributed by atoms with Gasteiger partial charge in [0.1, 0.15) is 11.4 Å². The zero-order valence-electron chi connectivity index (χ0n) is 19.3. The molecule has 0 saturated carbocycles. The normalized spacial score (nSPS) is 10.8. The van der Waals surface area contributed by atoms with Crippen molar-refractivity contribution >= 4 is 39.1 Å². The minimum atomic E-state index is -0.563. The molecule has 5 aromatic rings. The van der Waals surface area contributed by atoms with Crippen molar-refractivity contribution < 1.29 is 14.3 Å². The van der Waals surface area contributed by atoms with E-state index in [2.05, 4.69) is 10.3 Å². The van der Waals surface area contributed by atoms with Crippen molar-refractivity contribution in [2.24, 2.45) is 0 Å². The first-order chi connectivity index (χ1) is 17.5. The third kappa shape index (κ3) is 4.54. The molecule has 36 heavy (non-hydrogen) atoms. The summed E-state index contributed by atoms with van der Waals surface area (Å²) >= 11 is 1.39. The number of methoxy groups -OCH3 is 1. The number of rotatable bonds is 6. The van der Waals surface area contributed by atoms with Crippen LogP contribution in [-0.4, -0.2) is 28.5 Å². The SMILES string of the molecule is COC(=O)c1ccccc1NC(=O)Cn1cnc2scc(-c3ccc(-c4ccccc4)cc3)c2c1=O. The Kier molecular flexibility index (Phi) is 6.42. The summed E-state index contributed by atoms with van der Waals surface area (Å²) in [6, 6.07) is 24.6. The average molecular weight is 496 g/mol. The zero-order valence-corrected chi connectivity index (χ0v) is 20.1. The van der Waals surface area contributed by atoms with Crippen LogP contribution in [-0.2, 0) is 16.1 Å². The molecule has 0 aliphatic heterocycles. The average Bonchev–Trinajstić information content (AvgIpc) is 3.36. The van der Waals surface area contributed by atoms with Crippen molar-refractivity contribution in [2.45, 2.75) is 6.54 Å².